The van der Waals surface area contributed by atoms with E-state index in [-0.39, 0.29) is 5.82 Å². The van der Waals surface area contributed by atoms with Gasteiger partial charge in [-0.2, -0.15) is 0 Å². The molecule has 0 N–H and O–H groups in total. The van der Waals surface area contributed by atoms with E-state index in [4.69, 9.17) is 0 Å². The van der Waals surface area contributed by atoms with E-state index in [1.807, 2.05) is 30.3 Å². The minimum absolute atomic E-state index is 0.156. The van der Waals surface area contributed by atoms with Crippen LogP contribution in [0.4, 0.5) is 4.39 Å². The van der Waals surface area contributed by atoms with Gasteiger partial charge in [0.25, 0.3) is 0 Å². The minimum Gasteiger partial charge on any atom is -0.206 e. The smallest absolute Gasteiger partial charge is 0.133 e. The van der Waals surface area contributed by atoms with Crippen molar-refractivity contribution in [2.24, 2.45) is 0 Å². The van der Waals surface area contributed by atoms with Crippen molar-refractivity contribution in [3.8, 4) is 11.1 Å². The molecule has 0 aromatic heterocycles. The summed E-state index contributed by atoms with van der Waals surface area (Å²) in [6.07, 6.45) is 1.75. The molecule has 0 aliphatic carbocycles. The average molecular weight is 212 g/mol. The molecule has 2 rings (SSSR count). The zero-order valence-electron chi connectivity index (χ0n) is 9.20. The van der Waals surface area contributed by atoms with Crippen LogP contribution in [-0.4, -0.2) is 0 Å². The van der Waals surface area contributed by atoms with E-state index in [1.54, 1.807) is 25.1 Å². The lowest BCUT2D eigenvalue weighted by molar-refractivity contribution is 0.622. The van der Waals surface area contributed by atoms with Crippen LogP contribution >= 0.6 is 0 Å². The normalized spacial score (nSPS) is 10.1. The Balaban J connectivity index is 2.67. The summed E-state index contributed by atoms with van der Waals surface area (Å²) in [4.78, 5) is 0. The quantitative estimate of drug-likeness (QED) is 0.690. The van der Waals surface area contributed by atoms with Gasteiger partial charge in [-0.1, -0.05) is 55.1 Å². The standard InChI is InChI=1S/C15H13F/c1-3-12-8-4-5-9-13(12)14-10-6-7-11(2)15(14)16/h3-10H,1H2,2H3. The van der Waals surface area contributed by atoms with Crippen molar-refractivity contribution in [2.45, 2.75) is 6.92 Å². The van der Waals surface area contributed by atoms with Gasteiger partial charge in [0.05, 0.1) is 0 Å². The second-order valence-electron chi connectivity index (χ2n) is 3.73. The zero-order chi connectivity index (χ0) is 11.5. The number of rotatable bonds is 2. The second kappa shape index (κ2) is 4.31. The lowest BCUT2D eigenvalue weighted by Gasteiger charge is -2.08. The highest BCUT2D eigenvalue weighted by Crippen LogP contribution is 2.28. The van der Waals surface area contributed by atoms with Gasteiger partial charge in [-0.05, 0) is 23.6 Å². The van der Waals surface area contributed by atoms with Gasteiger partial charge in [0, 0.05) is 5.56 Å². The Morgan fingerprint density at radius 1 is 1.00 bits per heavy atom. The van der Waals surface area contributed by atoms with Gasteiger partial charge in [0.15, 0.2) is 0 Å². The predicted molar refractivity (Wildman–Crippen MR) is 66.7 cm³/mol. The molecule has 2 aromatic carbocycles. The molecule has 0 amide bonds. The van der Waals surface area contributed by atoms with E-state index in [0.717, 1.165) is 11.1 Å². The first-order chi connectivity index (χ1) is 7.74. The van der Waals surface area contributed by atoms with E-state index in [2.05, 4.69) is 6.58 Å². The lowest BCUT2D eigenvalue weighted by Crippen LogP contribution is -1.90. The minimum atomic E-state index is -0.156. The highest BCUT2D eigenvalue weighted by molar-refractivity contribution is 5.75. The third-order valence-electron chi connectivity index (χ3n) is 2.66. The number of halogens is 1. The van der Waals surface area contributed by atoms with E-state index in [1.165, 1.54) is 0 Å². The third kappa shape index (κ3) is 1.76. The molecular weight excluding hydrogens is 199 g/mol. The summed E-state index contributed by atoms with van der Waals surface area (Å²) in [5.41, 5.74) is 3.14. The maximum atomic E-state index is 14.0. The van der Waals surface area contributed by atoms with Gasteiger partial charge in [-0.25, -0.2) is 4.39 Å². The summed E-state index contributed by atoms with van der Waals surface area (Å²) in [5, 5.41) is 0. The van der Waals surface area contributed by atoms with Gasteiger partial charge >= 0.3 is 0 Å². The predicted octanol–water partition coefficient (Wildman–Crippen LogP) is 4.44. The molecule has 0 unspecified atom stereocenters. The number of hydrogen-bond acceptors (Lipinski definition) is 0. The van der Waals surface area contributed by atoms with Gasteiger partial charge in [-0.3, -0.25) is 0 Å². The van der Waals surface area contributed by atoms with Gasteiger partial charge in [0.2, 0.25) is 0 Å². The molecule has 0 atom stereocenters. The topological polar surface area (TPSA) is 0 Å². The summed E-state index contributed by atoms with van der Waals surface area (Å²) in [6.45, 7) is 5.52. The molecule has 1 heteroatoms. The molecule has 0 heterocycles. The average Bonchev–Trinajstić information content (AvgIpc) is 2.33. The zero-order valence-corrected chi connectivity index (χ0v) is 9.20. The molecule has 0 fully saturated rings. The molecule has 0 saturated carbocycles. The maximum Gasteiger partial charge on any atom is 0.133 e. The molecule has 0 aliphatic heterocycles. The van der Waals surface area contributed by atoms with Crippen molar-refractivity contribution >= 4 is 6.08 Å². The van der Waals surface area contributed by atoms with Crippen LogP contribution in [0.3, 0.4) is 0 Å². The Morgan fingerprint density at radius 3 is 2.44 bits per heavy atom. The molecule has 0 radical (unpaired) electrons. The van der Waals surface area contributed by atoms with Crippen molar-refractivity contribution < 1.29 is 4.39 Å². The van der Waals surface area contributed by atoms with Crippen LogP contribution in [0, 0.1) is 12.7 Å². The molecule has 0 saturated heterocycles. The third-order valence-corrected chi connectivity index (χ3v) is 2.66. The van der Waals surface area contributed by atoms with E-state index in [0.29, 0.717) is 11.1 Å². The number of aryl methyl sites for hydroxylation is 1. The maximum absolute atomic E-state index is 14.0. The van der Waals surface area contributed by atoms with Crippen molar-refractivity contribution in [1.29, 1.82) is 0 Å². The monoisotopic (exact) mass is 212 g/mol. The van der Waals surface area contributed by atoms with E-state index < -0.39 is 0 Å². The fraction of sp³-hybridized carbons (Fsp3) is 0.0667. The van der Waals surface area contributed by atoms with Crippen LogP contribution in [0.1, 0.15) is 11.1 Å². The number of hydrogen-bond donors (Lipinski definition) is 0. The van der Waals surface area contributed by atoms with Crippen LogP contribution < -0.4 is 0 Å². The second-order valence-corrected chi connectivity index (χ2v) is 3.73. The molecule has 0 nitrogen and oxygen atoms in total. The van der Waals surface area contributed by atoms with Gasteiger partial charge in [-0.15, -0.1) is 0 Å². The molecule has 0 bridgehead atoms. The number of benzene rings is 2. The Kier molecular flexibility index (Phi) is 2.86. The van der Waals surface area contributed by atoms with Crippen LogP contribution in [0.2, 0.25) is 0 Å². The van der Waals surface area contributed by atoms with Crippen molar-refractivity contribution in [3.05, 3.63) is 66.0 Å². The first-order valence-electron chi connectivity index (χ1n) is 5.21. The molecule has 0 aliphatic rings. The Morgan fingerprint density at radius 2 is 1.69 bits per heavy atom. The van der Waals surface area contributed by atoms with Crippen molar-refractivity contribution in [3.63, 3.8) is 0 Å². The van der Waals surface area contributed by atoms with Crippen LogP contribution in [-0.2, 0) is 0 Å². The van der Waals surface area contributed by atoms with Crippen molar-refractivity contribution in [1.82, 2.24) is 0 Å². The fourth-order valence-electron chi connectivity index (χ4n) is 1.78. The van der Waals surface area contributed by atoms with Gasteiger partial charge in [0.1, 0.15) is 5.82 Å². The highest BCUT2D eigenvalue weighted by Gasteiger charge is 2.08. The highest BCUT2D eigenvalue weighted by atomic mass is 19.1. The molecule has 16 heavy (non-hydrogen) atoms. The van der Waals surface area contributed by atoms with Crippen LogP contribution in [0.25, 0.3) is 17.2 Å². The Hall–Kier alpha value is -1.89. The van der Waals surface area contributed by atoms with Crippen molar-refractivity contribution in [2.75, 3.05) is 0 Å². The summed E-state index contributed by atoms with van der Waals surface area (Å²) in [5.74, 6) is -0.156. The van der Waals surface area contributed by atoms with Crippen LogP contribution in [0.15, 0.2) is 49.0 Å². The summed E-state index contributed by atoms with van der Waals surface area (Å²) >= 11 is 0. The molecular formula is C15H13F. The molecule has 2 aromatic rings. The van der Waals surface area contributed by atoms with Gasteiger partial charge < -0.3 is 0 Å². The van der Waals surface area contributed by atoms with E-state index >= 15 is 0 Å². The molecule has 0 spiro atoms. The SMILES string of the molecule is C=Cc1ccccc1-c1cccc(C)c1F. The fourth-order valence-corrected chi connectivity index (χ4v) is 1.78. The summed E-state index contributed by atoms with van der Waals surface area (Å²) in [6, 6.07) is 13.1. The Labute approximate surface area is 95.1 Å². The lowest BCUT2D eigenvalue weighted by atomic mass is 9.98. The Bertz CT molecular complexity index is 527. The van der Waals surface area contributed by atoms with Crippen LogP contribution in [0.5, 0.6) is 0 Å². The van der Waals surface area contributed by atoms with E-state index in [9.17, 15) is 4.39 Å². The first-order valence-corrected chi connectivity index (χ1v) is 5.21. The molecule has 80 valence electrons. The first kappa shape index (κ1) is 10.6. The largest absolute Gasteiger partial charge is 0.206 e. The summed E-state index contributed by atoms with van der Waals surface area (Å²) in [7, 11) is 0. The summed E-state index contributed by atoms with van der Waals surface area (Å²) < 4.78 is 14.0.